The molecule has 0 bridgehead atoms. The highest BCUT2D eigenvalue weighted by Crippen LogP contribution is 2.53. The van der Waals surface area contributed by atoms with Gasteiger partial charge in [0, 0.05) is 52.8 Å². The molecule has 0 spiro atoms. The fourth-order valence-corrected chi connectivity index (χ4v) is 9.49. The predicted octanol–water partition coefficient (Wildman–Crippen LogP) is 13.0. The minimum atomic E-state index is -0.173. The first-order valence-corrected chi connectivity index (χ1v) is 17.4. The number of hydrogen-bond acceptors (Lipinski definition) is 2. The summed E-state index contributed by atoms with van der Waals surface area (Å²) in [6, 6.07) is 51.5. The summed E-state index contributed by atoms with van der Waals surface area (Å²) in [5.41, 5.74) is 13.1. The fraction of sp³-hybridized carbons (Fsp3) is 0.0667. The molecular weight excluding hydrogens is 603 g/mol. The van der Waals surface area contributed by atoms with Crippen LogP contribution in [-0.2, 0) is 5.41 Å². The van der Waals surface area contributed by atoms with Gasteiger partial charge in [-0.15, -0.1) is 11.3 Å². The van der Waals surface area contributed by atoms with Crippen molar-refractivity contribution in [3.63, 3.8) is 0 Å². The van der Waals surface area contributed by atoms with Gasteiger partial charge in [-0.25, -0.2) is 0 Å². The van der Waals surface area contributed by atoms with E-state index in [-0.39, 0.29) is 5.41 Å². The number of rotatable bonds is 2. The second-order valence-electron chi connectivity index (χ2n) is 13.7. The average molecular weight is 632 g/mol. The summed E-state index contributed by atoms with van der Waals surface area (Å²) in [6.45, 7) is 4.71. The predicted molar refractivity (Wildman–Crippen MR) is 204 cm³/mol. The Kier molecular flexibility index (Phi) is 5.09. The maximum Gasteiger partial charge on any atom is 0.135 e. The van der Waals surface area contributed by atoms with Crippen LogP contribution in [0.3, 0.4) is 0 Å². The van der Waals surface area contributed by atoms with Gasteiger partial charge in [-0.3, -0.25) is 0 Å². The SMILES string of the molecule is CC1(C)c2cc3oc4ccccc4c3cc2-c2cc3c4cc(-c5ccc6sc7ccccc7c6c5)ccc4n(-c4ccccc4)c3cc21. The summed E-state index contributed by atoms with van der Waals surface area (Å²) >= 11 is 1.87. The summed E-state index contributed by atoms with van der Waals surface area (Å²) in [7, 11) is 0. The molecule has 0 fully saturated rings. The maximum atomic E-state index is 6.36. The molecular formula is C45H29NOS. The van der Waals surface area contributed by atoms with Crippen molar-refractivity contribution in [2.24, 2.45) is 0 Å². The van der Waals surface area contributed by atoms with E-state index < -0.39 is 0 Å². The van der Waals surface area contributed by atoms with Gasteiger partial charge >= 0.3 is 0 Å². The zero-order valence-corrected chi connectivity index (χ0v) is 27.4. The topological polar surface area (TPSA) is 18.1 Å². The number of furan rings is 1. The van der Waals surface area contributed by atoms with Crippen LogP contribution < -0.4 is 0 Å². The Morgan fingerprint density at radius 3 is 1.98 bits per heavy atom. The third-order valence-electron chi connectivity index (χ3n) is 10.8. The van der Waals surface area contributed by atoms with E-state index in [2.05, 4.69) is 152 Å². The smallest absolute Gasteiger partial charge is 0.135 e. The normalized spacial score (nSPS) is 13.8. The number of para-hydroxylation sites is 2. The van der Waals surface area contributed by atoms with Gasteiger partial charge in [-0.05, 0) is 106 Å². The first kappa shape index (κ1) is 26.4. The molecule has 3 heterocycles. The highest BCUT2D eigenvalue weighted by atomic mass is 32.1. The Morgan fingerprint density at radius 2 is 1.12 bits per heavy atom. The minimum Gasteiger partial charge on any atom is -0.456 e. The Hall–Kier alpha value is -5.64. The number of benzene rings is 7. The van der Waals surface area contributed by atoms with Crippen molar-refractivity contribution in [2.45, 2.75) is 19.3 Å². The van der Waals surface area contributed by atoms with E-state index in [1.165, 1.54) is 91.8 Å². The van der Waals surface area contributed by atoms with Crippen molar-refractivity contribution in [3.8, 4) is 27.9 Å². The van der Waals surface area contributed by atoms with E-state index in [0.29, 0.717) is 0 Å². The van der Waals surface area contributed by atoms with E-state index in [0.717, 1.165) is 11.2 Å². The van der Waals surface area contributed by atoms with Gasteiger partial charge in [-0.2, -0.15) is 0 Å². The Labute approximate surface area is 281 Å². The van der Waals surface area contributed by atoms with Crippen LogP contribution in [0.2, 0.25) is 0 Å². The Morgan fingerprint density at radius 1 is 0.479 bits per heavy atom. The monoisotopic (exact) mass is 631 g/mol. The van der Waals surface area contributed by atoms with Crippen molar-refractivity contribution in [2.75, 3.05) is 0 Å². The van der Waals surface area contributed by atoms with Crippen LogP contribution in [0.25, 0.3) is 91.9 Å². The standard InChI is InChI=1S/C45H29NOS/c1-45(2)37-24-40-34(22-31(37)32-23-35-29-12-6-8-14-41(29)47-42(35)25-38(32)45)33-20-26(16-18-39(33)46(40)28-10-4-3-5-11-28)27-17-19-44-36(21-27)30-13-7-9-15-43(30)48-44/h3-25H,1-2H3. The zero-order valence-electron chi connectivity index (χ0n) is 26.5. The molecule has 0 aliphatic heterocycles. The quantitative estimate of drug-likeness (QED) is 0.186. The van der Waals surface area contributed by atoms with Crippen molar-refractivity contribution in [1.29, 1.82) is 0 Å². The van der Waals surface area contributed by atoms with Gasteiger partial charge in [0.2, 0.25) is 0 Å². The number of hydrogen-bond donors (Lipinski definition) is 0. The lowest BCUT2D eigenvalue weighted by Gasteiger charge is -2.21. The molecule has 0 atom stereocenters. The lowest BCUT2D eigenvalue weighted by atomic mass is 9.82. The molecule has 0 amide bonds. The van der Waals surface area contributed by atoms with Crippen LogP contribution in [0, 0.1) is 0 Å². The molecule has 2 nitrogen and oxygen atoms in total. The number of aromatic nitrogens is 1. The molecule has 0 unspecified atom stereocenters. The van der Waals surface area contributed by atoms with Crippen LogP contribution in [-0.4, -0.2) is 4.57 Å². The molecule has 1 aliphatic rings. The molecule has 11 rings (SSSR count). The molecule has 226 valence electrons. The van der Waals surface area contributed by atoms with Crippen molar-refractivity contribution in [3.05, 3.63) is 151 Å². The molecule has 0 saturated heterocycles. The maximum absolute atomic E-state index is 6.36. The van der Waals surface area contributed by atoms with Crippen molar-refractivity contribution in [1.82, 2.24) is 4.57 Å². The van der Waals surface area contributed by atoms with E-state index in [9.17, 15) is 0 Å². The number of thiophene rings is 1. The van der Waals surface area contributed by atoms with Crippen molar-refractivity contribution >= 4 is 75.3 Å². The summed E-state index contributed by atoms with van der Waals surface area (Å²) in [5.74, 6) is 0. The molecule has 7 aromatic carbocycles. The molecule has 3 heteroatoms. The van der Waals surface area contributed by atoms with Gasteiger partial charge < -0.3 is 8.98 Å². The third kappa shape index (κ3) is 3.46. The minimum absolute atomic E-state index is 0.173. The molecule has 3 aromatic heterocycles. The summed E-state index contributed by atoms with van der Waals surface area (Å²) in [6.07, 6.45) is 0. The summed E-state index contributed by atoms with van der Waals surface area (Å²) < 4.78 is 11.5. The van der Waals surface area contributed by atoms with Crippen molar-refractivity contribution < 1.29 is 4.42 Å². The summed E-state index contributed by atoms with van der Waals surface area (Å²) in [5, 5.41) is 7.55. The molecule has 1 aliphatic carbocycles. The first-order chi connectivity index (χ1) is 23.5. The first-order valence-electron chi connectivity index (χ1n) is 16.6. The second kappa shape index (κ2) is 9.25. The van der Waals surface area contributed by atoms with Gasteiger partial charge in [0.1, 0.15) is 11.2 Å². The largest absolute Gasteiger partial charge is 0.456 e. The second-order valence-corrected chi connectivity index (χ2v) is 14.8. The molecule has 0 N–H and O–H groups in total. The fourth-order valence-electron chi connectivity index (χ4n) is 8.40. The summed E-state index contributed by atoms with van der Waals surface area (Å²) in [4.78, 5) is 0. The molecule has 48 heavy (non-hydrogen) atoms. The van der Waals surface area contributed by atoms with Gasteiger partial charge in [0.25, 0.3) is 0 Å². The third-order valence-corrected chi connectivity index (χ3v) is 11.9. The number of nitrogens with zero attached hydrogens (tertiary/aromatic N) is 1. The van der Waals surface area contributed by atoms with Crippen LogP contribution >= 0.6 is 11.3 Å². The average Bonchev–Trinajstić information content (AvgIpc) is 3.83. The lowest BCUT2D eigenvalue weighted by molar-refractivity contribution is 0.647. The molecule has 0 radical (unpaired) electrons. The zero-order chi connectivity index (χ0) is 31.7. The van der Waals surface area contributed by atoms with Crippen LogP contribution in [0.1, 0.15) is 25.0 Å². The van der Waals surface area contributed by atoms with Crippen LogP contribution in [0.15, 0.2) is 144 Å². The molecule has 0 saturated carbocycles. The van der Waals surface area contributed by atoms with E-state index >= 15 is 0 Å². The van der Waals surface area contributed by atoms with E-state index in [1.807, 2.05) is 17.4 Å². The number of fused-ring (bicyclic) bond motifs is 12. The van der Waals surface area contributed by atoms with Gasteiger partial charge in [-0.1, -0.05) is 80.6 Å². The molecule has 10 aromatic rings. The Balaban J connectivity index is 1.19. The van der Waals surface area contributed by atoms with E-state index in [4.69, 9.17) is 4.42 Å². The van der Waals surface area contributed by atoms with E-state index in [1.54, 1.807) is 0 Å². The highest BCUT2D eigenvalue weighted by molar-refractivity contribution is 7.25. The van der Waals surface area contributed by atoms with Crippen LogP contribution in [0.5, 0.6) is 0 Å². The van der Waals surface area contributed by atoms with Gasteiger partial charge in [0.15, 0.2) is 0 Å². The lowest BCUT2D eigenvalue weighted by Crippen LogP contribution is -2.15. The van der Waals surface area contributed by atoms with Crippen LogP contribution in [0.4, 0.5) is 0 Å². The Bertz CT molecular complexity index is 2970. The highest BCUT2D eigenvalue weighted by Gasteiger charge is 2.37. The van der Waals surface area contributed by atoms with Gasteiger partial charge in [0.05, 0.1) is 11.0 Å².